The van der Waals surface area contributed by atoms with Crippen molar-refractivity contribution in [1.29, 1.82) is 0 Å². The van der Waals surface area contributed by atoms with E-state index < -0.39 is 29.2 Å². The number of pyridine rings is 1. The molecule has 94 valence electrons. The molecule has 0 spiro atoms. The predicted octanol–water partition coefficient (Wildman–Crippen LogP) is 3.41. The molecule has 0 bridgehead atoms. The van der Waals surface area contributed by atoms with E-state index in [1.165, 1.54) is 25.2 Å². The number of aromatic nitrogens is 1. The highest BCUT2D eigenvalue weighted by Gasteiger charge is 2.16. The molecule has 2 aromatic rings. The van der Waals surface area contributed by atoms with Crippen molar-refractivity contribution >= 4 is 11.5 Å². The van der Waals surface area contributed by atoms with Crippen LogP contribution >= 0.6 is 0 Å². The van der Waals surface area contributed by atoms with Gasteiger partial charge in [0.25, 0.3) is 5.95 Å². The lowest BCUT2D eigenvalue weighted by Crippen LogP contribution is -2.14. The molecule has 0 atom stereocenters. The lowest BCUT2D eigenvalue weighted by molar-refractivity contribution is 0.465. The van der Waals surface area contributed by atoms with Crippen LogP contribution in [0, 0.1) is 23.4 Å². The summed E-state index contributed by atoms with van der Waals surface area (Å²) in [5.74, 6) is -4.75. The molecular formula is C12H8F4N2. The van der Waals surface area contributed by atoms with Gasteiger partial charge in [-0.05, 0) is 18.2 Å². The molecule has 1 aromatic carbocycles. The number of hydrogen-bond donors (Lipinski definition) is 0. The number of halogens is 4. The summed E-state index contributed by atoms with van der Waals surface area (Å²) in [7, 11) is 1.37. The molecule has 0 amide bonds. The minimum Gasteiger partial charge on any atom is -0.327 e. The lowest BCUT2D eigenvalue weighted by atomic mass is 10.3. The SMILES string of the molecule is CN(c1cccc(F)c1)c1nc(F)c(F)cc1F. The molecular weight excluding hydrogens is 248 g/mol. The zero-order valence-corrected chi connectivity index (χ0v) is 9.29. The number of anilines is 2. The van der Waals surface area contributed by atoms with Gasteiger partial charge in [-0.1, -0.05) is 6.07 Å². The summed E-state index contributed by atoms with van der Waals surface area (Å²) in [6.45, 7) is 0. The maximum atomic E-state index is 13.5. The van der Waals surface area contributed by atoms with Crippen molar-refractivity contribution < 1.29 is 17.6 Å². The van der Waals surface area contributed by atoms with E-state index in [-0.39, 0.29) is 5.69 Å². The minimum atomic E-state index is -1.41. The molecule has 0 unspecified atom stereocenters. The molecule has 0 N–H and O–H groups in total. The molecule has 0 saturated carbocycles. The quantitative estimate of drug-likeness (QED) is 0.604. The van der Waals surface area contributed by atoms with Crippen LogP contribution < -0.4 is 4.90 Å². The second-order valence-corrected chi connectivity index (χ2v) is 3.61. The van der Waals surface area contributed by atoms with Crippen molar-refractivity contribution in [3.63, 3.8) is 0 Å². The van der Waals surface area contributed by atoms with Gasteiger partial charge in [0.2, 0.25) is 0 Å². The van der Waals surface area contributed by atoms with Gasteiger partial charge < -0.3 is 4.90 Å². The third-order valence-electron chi connectivity index (χ3n) is 2.38. The normalized spacial score (nSPS) is 10.5. The van der Waals surface area contributed by atoms with E-state index in [1.54, 1.807) is 0 Å². The minimum absolute atomic E-state index is 0.271. The molecule has 18 heavy (non-hydrogen) atoms. The first-order valence-electron chi connectivity index (χ1n) is 5.00. The maximum absolute atomic E-state index is 13.5. The first-order chi connectivity index (χ1) is 8.49. The maximum Gasteiger partial charge on any atom is 0.251 e. The summed E-state index contributed by atoms with van der Waals surface area (Å²) in [5.41, 5.74) is 0.271. The average molecular weight is 256 g/mol. The summed E-state index contributed by atoms with van der Waals surface area (Å²) in [5, 5.41) is 0. The highest BCUT2D eigenvalue weighted by molar-refractivity contribution is 5.59. The summed E-state index contributed by atoms with van der Waals surface area (Å²) >= 11 is 0. The van der Waals surface area contributed by atoms with E-state index in [0.29, 0.717) is 6.07 Å². The Morgan fingerprint density at radius 2 is 1.72 bits per heavy atom. The zero-order valence-electron chi connectivity index (χ0n) is 9.29. The van der Waals surface area contributed by atoms with E-state index in [2.05, 4.69) is 4.98 Å². The van der Waals surface area contributed by atoms with Crippen molar-refractivity contribution in [2.75, 3.05) is 11.9 Å². The number of rotatable bonds is 2. The van der Waals surface area contributed by atoms with Crippen LogP contribution in [0.2, 0.25) is 0 Å². The van der Waals surface area contributed by atoms with E-state index in [9.17, 15) is 17.6 Å². The highest BCUT2D eigenvalue weighted by Crippen LogP contribution is 2.25. The Morgan fingerprint density at radius 1 is 1.00 bits per heavy atom. The summed E-state index contributed by atoms with van der Waals surface area (Å²) in [4.78, 5) is 4.29. The highest BCUT2D eigenvalue weighted by atomic mass is 19.2. The molecule has 2 nitrogen and oxygen atoms in total. The average Bonchev–Trinajstić information content (AvgIpc) is 2.33. The van der Waals surface area contributed by atoms with Gasteiger partial charge in [-0.15, -0.1) is 0 Å². The fourth-order valence-corrected chi connectivity index (χ4v) is 1.48. The topological polar surface area (TPSA) is 16.1 Å². The summed E-state index contributed by atoms with van der Waals surface area (Å²) in [6, 6.07) is 5.65. The molecule has 0 aliphatic carbocycles. The molecule has 6 heteroatoms. The van der Waals surface area contributed by atoms with Crippen LogP contribution in [0.3, 0.4) is 0 Å². The van der Waals surface area contributed by atoms with Crippen LogP contribution in [0.1, 0.15) is 0 Å². The largest absolute Gasteiger partial charge is 0.327 e. The first kappa shape index (κ1) is 12.3. The molecule has 0 saturated heterocycles. The van der Waals surface area contributed by atoms with Crippen LogP contribution in [0.25, 0.3) is 0 Å². The fraction of sp³-hybridized carbons (Fsp3) is 0.0833. The third-order valence-corrected chi connectivity index (χ3v) is 2.38. The van der Waals surface area contributed by atoms with E-state index in [0.717, 1.165) is 11.0 Å². The van der Waals surface area contributed by atoms with E-state index >= 15 is 0 Å². The fourth-order valence-electron chi connectivity index (χ4n) is 1.48. The van der Waals surface area contributed by atoms with Gasteiger partial charge in [0.05, 0.1) is 0 Å². The molecule has 0 fully saturated rings. The van der Waals surface area contributed by atoms with Gasteiger partial charge in [0.1, 0.15) is 5.82 Å². The number of benzene rings is 1. The van der Waals surface area contributed by atoms with Crippen LogP contribution in [0.15, 0.2) is 30.3 Å². The lowest BCUT2D eigenvalue weighted by Gasteiger charge is -2.18. The molecule has 1 aromatic heterocycles. The monoisotopic (exact) mass is 256 g/mol. The van der Waals surface area contributed by atoms with Gasteiger partial charge >= 0.3 is 0 Å². The van der Waals surface area contributed by atoms with Gasteiger partial charge in [-0.2, -0.15) is 9.37 Å². The van der Waals surface area contributed by atoms with Crippen LogP contribution in [0.5, 0.6) is 0 Å². The van der Waals surface area contributed by atoms with Crippen LogP contribution in [-0.2, 0) is 0 Å². The van der Waals surface area contributed by atoms with E-state index in [4.69, 9.17) is 0 Å². The van der Waals surface area contributed by atoms with Crippen molar-refractivity contribution in [3.8, 4) is 0 Å². The predicted molar refractivity (Wildman–Crippen MR) is 58.6 cm³/mol. The van der Waals surface area contributed by atoms with Gasteiger partial charge in [-0.25, -0.2) is 13.2 Å². The second kappa shape index (κ2) is 4.64. The molecule has 0 radical (unpaired) electrons. The van der Waals surface area contributed by atoms with Gasteiger partial charge in [0.15, 0.2) is 17.5 Å². The second-order valence-electron chi connectivity index (χ2n) is 3.61. The van der Waals surface area contributed by atoms with Gasteiger partial charge in [-0.3, -0.25) is 0 Å². The van der Waals surface area contributed by atoms with Gasteiger partial charge in [0, 0.05) is 18.8 Å². The first-order valence-corrected chi connectivity index (χ1v) is 5.00. The third kappa shape index (κ3) is 2.27. The molecule has 0 aliphatic heterocycles. The van der Waals surface area contributed by atoms with E-state index in [1.807, 2.05) is 0 Å². The molecule has 1 heterocycles. The Morgan fingerprint density at radius 3 is 2.39 bits per heavy atom. The van der Waals surface area contributed by atoms with Crippen LogP contribution in [0.4, 0.5) is 29.1 Å². The Balaban J connectivity index is 2.46. The standard InChI is InChI=1S/C12H8F4N2/c1-18(8-4-2-3-7(13)5-8)12-10(15)6-9(14)11(16)17-12/h2-6H,1H3. The smallest absolute Gasteiger partial charge is 0.251 e. The van der Waals surface area contributed by atoms with Crippen molar-refractivity contribution in [2.24, 2.45) is 0 Å². The number of hydrogen-bond acceptors (Lipinski definition) is 2. The Hall–Kier alpha value is -2.11. The zero-order chi connectivity index (χ0) is 13.3. The number of nitrogens with zero attached hydrogens (tertiary/aromatic N) is 2. The Labute approximate surface area is 100 Å². The Bertz CT molecular complexity index is 586. The van der Waals surface area contributed by atoms with Crippen molar-refractivity contribution in [3.05, 3.63) is 53.7 Å². The Kier molecular flexibility index (Phi) is 3.18. The summed E-state index contributed by atoms with van der Waals surface area (Å²) in [6.07, 6.45) is 0. The van der Waals surface area contributed by atoms with Crippen molar-refractivity contribution in [2.45, 2.75) is 0 Å². The van der Waals surface area contributed by atoms with Crippen LogP contribution in [-0.4, -0.2) is 12.0 Å². The molecule has 2 rings (SSSR count). The molecule has 0 aliphatic rings. The van der Waals surface area contributed by atoms with Crippen molar-refractivity contribution in [1.82, 2.24) is 4.98 Å². The summed E-state index contributed by atoms with van der Waals surface area (Å²) < 4.78 is 52.2.